The lowest BCUT2D eigenvalue weighted by Crippen LogP contribution is -2.14. The van der Waals surface area contributed by atoms with Gasteiger partial charge in [0.1, 0.15) is 10.6 Å². The summed E-state index contributed by atoms with van der Waals surface area (Å²) < 4.78 is 32.6. The normalized spacial score (nSPS) is 10.9. The molecule has 28 heavy (non-hydrogen) atoms. The van der Waals surface area contributed by atoms with Gasteiger partial charge in [0.05, 0.1) is 17.8 Å². The van der Waals surface area contributed by atoms with E-state index in [1.54, 1.807) is 36.4 Å². The fraction of sp³-hybridized carbons (Fsp3) is 0.0500. The van der Waals surface area contributed by atoms with Gasteiger partial charge in [0, 0.05) is 11.3 Å². The number of benzene rings is 3. The number of methoxy groups -OCH3 is 1. The second-order valence-corrected chi connectivity index (χ2v) is 7.83. The highest BCUT2D eigenvalue weighted by Crippen LogP contribution is 2.25. The molecule has 144 valence electrons. The van der Waals surface area contributed by atoms with Crippen LogP contribution in [0.25, 0.3) is 0 Å². The van der Waals surface area contributed by atoms with Crippen molar-refractivity contribution in [2.75, 3.05) is 17.1 Å². The van der Waals surface area contributed by atoms with Gasteiger partial charge < -0.3 is 10.1 Å². The molecule has 0 fully saturated rings. The molecule has 0 unspecified atom stereocenters. The van der Waals surface area contributed by atoms with Crippen molar-refractivity contribution in [1.82, 2.24) is 0 Å². The van der Waals surface area contributed by atoms with Crippen molar-refractivity contribution in [2.45, 2.75) is 4.90 Å². The van der Waals surface area contributed by atoms with Gasteiger partial charge >= 0.3 is 0 Å². The van der Waals surface area contributed by atoms with Crippen LogP contribution in [0.15, 0.2) is 77.7 Å². The van der Waals surface area contributed by atoms with E-state index < -0.39 is 10.0 Å². The minimum atomic E-state index is -3.83. The lowest BCUT2D eigenvalue weighted by molar-refractivity contribution is 0.102. The molecule has 0 radical (unpaired) electrons. The number of anilines is 2. The summed E-state index contributed by atoms with van der Waals surface area (Å²) in [5.41, 5.74) is 1.22. The summed E-state index contributed by atoms with van der Waals surface area (Å²) in [6.07, 6.45) is 0. The summed E-state index contributed by atoms with van der Waals surface area (Å²) >= 11 is 5.96. The number of amides is 1. The summed E-state index contributed by atoms with van der Waals surface area (Å²) in [7, 11) is -2.31. The second-order valence-electron chi connectivity index (χ2n) is 5.77. The van der Waals surface area contributed by atoms with E-state index >= 15 is 0 Å². The van der Waals surface area contributed by atoms with Gasteiger partial charge in [-0.1, -0.05) is 35.9 Å². The monoisotopic (exact) mass is 416 g/mol. The molecule has 3 aromatic carbocycles. The number of para-hydroxylation sites is 2. The molecular weight excluding hydrogens is 400 g/mol. The van der Waals surface area contributed by atoms with Crippen LogP contribution < -0.4 is 14.8 Å². The van der Waals surface area contributed by atoms with Crippen molar-refractivity contribution < 1.29 is 17.9 Å². The Kier molecular flexibility index (Phi) is 5.87. The van der Waals surface area contributed by atoms with E-state index in [0.717, 1.165) is 0 Å². The van der Waals surface area contributed by atoms with Crippen LogP contribution in [0.5, 0.6) is 5.75 Å². The number of hydrogen-bond donors (Lipinski definition) is 2. The molecule has 0 aliphatic rings. The largest absolute Gasteiger partial charge is 0.495 e. The van der Waals surface area contributed by atoms with E-state index in [0.29, 0.717) is 22.7 Å². The molecule has 0 atom stereocenters. The van der Waals surface area contributed by atoms with Crippen LogP contribution in [0.2, 0.25) is 5.02 Å². The van der Waals surface area contributed by atoms with Gasteiger partial charge in [-0.3, -0.25) is 9.52 Å². The van der Waals surface area contributed by atoms with E-state index in [-0.39, 0.29) is 15.8 Å². The van der Waals surface area contributed by atoms with Crippen molar-refractivity contribution in [2.24, 2.45) is 0 Å². The molecule has 2 N–H and O–H groups in total. The molecule has 1 amide bonds. The molecular formula is C20H17ClN2O4S. The molecule has 0 aromatic heterocycles. The van der Waals surface area contributed by atoms with Crippen molar-refractivity contribution >= 4 is 38.9 Å². The quantitative estimate of drug-likeness (QED) is 0.623. The maximum absolute atomic E-state index is 12.5. The fourth-order valence-corrected chi connectivity index (χ4v) is 4.08. The third-order valence-electron chi connectivity index (χ3n) is 3.88. The number of halogens is 1. The predicted molar refractivity (Wildman–Crippen MR) is 110 cm³/mol. The van der Waals surface area contributed by atoms with E-state index in [2.05, 4.69) is 10.0 Å². The maximum Gasteiger partial charge on any atom is 0.263 e. The van der Waals surface area contributed by atoms with Crippen LogP contribution in [0.4, 0.5) is 11.4 Å². The topological polar surface area (TPSA) is 84.5 Å². The third-order valence-corrected chi connectivity index (χ3v) is 5.76. The van der Waals surface area contributed by atoms with Crippen LogP contribution in [-0.4, -0.2) is 21.4 Å². The van der Waals surface area contributed by atoms with Crippen LogP contribution >= 0.6 is 11.6 Å². The lowest BCUT2D eigenvalue weighted by atomic mass is 10.2. The first-order chi connectivity index (χ1) is 13.4. The molecule has 6 nitrogen and oxygen atoms in total. The Morgan fingerprint density at radius 3 is 2.25 bits per heavy atom. The van der Waals surface area contributed by atoms with Crippen molar-refractivity contribution in [3.8, 4) is 5.75 Å². The zero-order valence-electron chi connectivity index (χ0n) is 14.8. The van der Waals surface area contributed by atoms with Crippen LogP contribution in [0.1, 0.15) is 10.4 Å². The van der Waals surface area contributed by atoms with E-state index in [1.165, 1.54) is 43.5 Å². The first kappa shape index (κ1) is 19.7. The minimum Gasteiger partial charge on any atom is -0.495 e. The summed E-state index contributed by atoms with van der Waals surface area (Å²) in [5, 5.41) is 2.89. The molecule has 8 heteroatoms. The van der Waals surface area contributed by atoms with Crippen molar-refractivity contribution in [3.05, 3.63) is 83.4 Å². The Morgan fingerprint density at radius 2 is 1.57 bits per heavy atom. The summed E-state index contributed by atoms with van der Waals surface area (Å²) in [4.78, 5) is 12.4. The first-order valence-corrected chi connectivity index (χ1v) is 10.1. The highest BCUT2D eigenvalue weighted by molar-refractivity contribution is 7.92. The Hall–Kier alpha value is -3.03. The second kappa shape index (κ2) is 8.33. The number of sulfonamides is 1. The van der Waals surface area contributed by atoms with Crippen LogP contribution in [-0.2, 0) is 10.0 Å². The van der Waals surface area contributed by atoms with Gasteiger partial charge in [-0.15, -0.1) is 0 Å². The van der Waals surface area contributed by atoms with Gasteiger partial charge in [0.2, 0.25) is 0 Å². The molecule has 0 bridgehead atoms. The van der Waals surface area contributed by atoms with Gasteiger partial charge in [-0.05, 0) is 48.5 Å². The number of carbonyl (C=O) groups excluding carboxylic acids is 1. The zero-order valence-corrected chi connectivity index (χ0v) is 16.4. The lowest BCUT2D eigenvalue weighted by Gasteiger charge is -2.11. The Labute approximate surface area is 168 Å². The fourth-order valence-electron chi connectivity index (χ4n) is 2.50. The van der Waals surface area contributed by atoms with Crippen LogP contribution in [0, 0.1) is 0 Å². The number of rotatable bonds is 6. The van der Waals surface area contributed by atoms with Crippen molar-refractivity contribution in [1.29, 1.82) is 0 Å². The Balaban J connectivity index is 1.75. The third kappa shape index (κ3) is 4.44. The number of hydrogen-bond acceptors (Lipinski definition) is 4. The van der Waals surface area contributed by atoms with E-state index in [9.17, 15) is 13.2 Å². The Morgan fingerprint density at radius 1 is 0.929 bits per heavy atom. The molecule has 0 saturated heterocycles. The molecule has 0 spiro atoms. The molecule has 3 aromatic rings. The molecule has 0 aliphatic heterocycles. The number of carbonyl (C=O) groups is 1. The minimum absolute atomic E-state index is 0.0188. The maximum atomic E-state index is 12.5. The van der Waals surface area contributed by atoms with Gasteiger partial charge in [-0.25, -0.2) is 8.42 Å². The van der Waals surface area contributed by atoms with E-state index in [4.69, 9.17) is 16.3 Å². The van der Waals surface area contributed by atoms with E-state index in [1.807, 2.05) is 0 Å². The molecule has 3 rings (SSSR count). The molecule has 0 heterocycles. The average Bonchev–Trinajstić information content (AvgIpc) is 2.69. The van der Waals surface area contributed by atoms with Crippen molar-refractivity contribution in [3.63, 3.8) is 0 Å². The summed E-state index contributed by atoms with van der Waals surface area (Å²) in [6, 6.07) is 19.3. The number of ether oxygens (including phenoxy) is 1. The highest BCUT2D eigenvalue weighted by atomic mass is 35.5. The summed E-state index contributed by atoms with van der Waals surface area (Å²) in [6.45, 7) is 0. The molecule has 0 aliphatic carbocycles. The molecule has 0 saturated carbocycles. The standard InChI is InChI=1S/C20H17ClN2O4S/c1-27-18-8-4-3-7-17(18)22-20(24)14-10-12-15(13-11-14)23-28(25,26)19-9-5-2-6-16(19)21/h2-13,23H,1H3,(H,22,24). The van der Waals surface area contributed by atoms with Gasteiger partial charge in [-0.2, -0.15) is 0 Å². The van der Waals surface area contributed by atoms with Crippen LogP contribution in [0.3, 0.4) is 0 Å². The average molecular weight is 417 g/mol. The smallest absolute Gasteiger partial charge is 0.263 e. The summed E-state index contributed by atoms with van der Waals surface area (Å²) in [5.74, 6) is 0.199. The predicted octanol–water partition coefficient (Wildman–Crippen LogP) is 4.40. The number of nitrogens with one attached hydrogen (secondary N) is 2. The van der Waals surface area contributed by atoms with Gasteiger partial charge in [0.15, 0.2) is 0 Å². The Bertz CT molecular complexity index is 1100. The van der Waals surface area contributed by atoms with Gasteiger partial charge in [0.25, 0.3) is 15.9 Å². The SMILES string of the molecule is COc1ccccc1NC(=O)c1ccc(NS(=O)(=O)c2ccccc2Cl)cc1. The highest BCUT2D eigenvalue weighted by Gasteiger charge is 2.17. The first-order valence-electron chi connectivity index (χ1n) is 8.22. The zero-order chi connectivity index (χ0) is 20.1.